The molecule has 4 nitrogen and oxygen atoms in total. The molecular formula is C26H34INO3. The van der Waals surface area contributed by atoms with Crippen molar-refractivity contribution in [3.63, 3.8) is 0 Å². The fourth-order valence-corrected chi connectivity index (χ4v) is 3.29. The Morgan fingerprint density at radius 1 is 1.19 bits per heavy atom. The Balaban J connectivity index is 2.90. The van der Waals surface area contributed by atoms with E-state index in [9.17, 15) is 9.59 Å². The number of carbonyl (C=O) groups excluding carboxylic acids is 2. The molecule has 1 rings (SSSR count). The number of allylic oxidation sites excluding steroid dienone is 2. The summed E-state index contributed by atoms with van der Waals surface area (Å²) in [6, 6.07) is 5.79. The first-order valence-electron chi connectivity index (χ1n) is 10.4. The van der Waals surface area contributed by atoms with Crippen molar-refractivity contribution < 1.29 is 14.3 Å². The zero-order valence-electron chi connectivity index (χ0n) is 19.6. The van der Waals surface area contributed by atoms with Gasteiger partial charge in [-0.3, -0.25) is 9.79 Å². The fourth-order valence-electron chi connectivity index (χ4n) is 2.81. The van der Waals surface area contributed by atoms with E-state index in [4.69, 9.17) is 4.74 Å². The lowest BCUT2D eigenvalue weighted by Crippen LogP contribution is -2.24. The van der Waals surface area contributed by atoms with E-state index in [1.54, 1.807) is 6.92 Å². The van der Waals surface area contributed by atoms with Gasteiger partial charge in [0.1, 0.15) is 5.60 Å². The number of hydrogen-bond donors (Lipinski definition) is 0. The molecule has 0 spiro atoms. The predicted molar refractivity (Wildman–Crippen MR) is 139 cm³/mol. The third-order valence-corrected chi connectivity index (χ3v) is 5.86. The Morgan fingerprint density at radius 2 is 1.84 bits per heavy atom. The van der Waals surface area contributed by atoms with Gasteiger partial charge in [-0.1, -0.05) is 37.4 Å². The van der Waals surface area contributed by atoms with Gasteiger partial charge in [0.05, 0.1) is 10.3 Å². The molecule has 0 unspecified atom stereocenters. The van der Waals surface area contributed by atoms with Gasteiger partial charge >= 0.3 is 5.97 Å². The van der Waals surface area contributed by atoms with E-state index in [2.05, 4.69) is 40.7 Å². The number of benzene rings is 1. The van der Waals surface area contributed by atoms with Crippen LogP contribution < -0.4 is 0 Å². The van der Waals surface area contributed by atoms with Crippen LogP contribution in [0, 0.1) is 0 Å². The average molecular weight is 535 g/mol. The van der Waals surface area contributed by atoms with Crippen LogP contribution >= 0.6 is 22.6 Å². The molecule has 1 aromatic rings. The largest absolute Gasteiger partial charge is 0.457 e. The van der Waals surface area contributed by atoms with Gasteiger partial charge in [0.25, 0.3) is 0 Å². The van der Waals surface area contributed by atoms with E-state index < -0.39 is 5.60 Å². The van der Waals surface area contributed by atoms with E-state index in [1.807, 2.05) is 58.9 Å². The molecule has 0 bridgehead atoms. The Morgan fingerprint density at radius 3 is 2.39 bits per heavy atom. The van der Waals surface area contributed by atoms with Crippen LogP contribution in [0.5, 0.6) is 0 Å². The predicted octanol–water partition coefficient (Wildman–Crippen LogP) is 6.92. The minimum Gasteiger partial charge on any atom is -0.457 e. The number of hydrogen-bond acceptors (Lipinski definition) is 4. The molecule has 0 atom stereocenters. The van der Waals surface area contributed by atoms with Crippen LogP contribution in [-0.4, -0.2) is 27.6 Å². The Kier molecular flexibility index (Phi) is 10.6. The minimum absolute atomic E-state index is 0.0226. The molecule has 31 heavy (non-hydrogen) atoms. The quantitative estimate of drug-likeness (QED) is 0.107. The number of ketones is 1. The van der Waals surface area contributed by atoms with Gasteiger partial charge in [-0.15, -0.1) is 0 Å². The SMILES string of the molecule is C=C(CCCc1cc(C(=C)C/N=C(I)\C(C)=C/C)ccc1C(C)=O)C(=O)OC(C)(C)C. The van der Waals surface area contributed by atoms with Crippen LogP contribution in [0.3, 0.4) is 0 Å². The van der Waals surface area contributed by atoms with Crippen molar-refractivity contribution in [2.75, 3.05) is 6.54 Å². The molecule has 0 saturated heterocycles. The molecule has 0 saturated carbocycles. The van der Waals surface area contributed by atoms with Gasteiger partial charge in [-0.2, -0.15) is 0 Å². The molecule has 0 heterocycles. The summed E-state index contributed by atoms with van der Waals surface area (Å²) in [5.74, 6) is -0.347. The summed E-state index contributed by atoms with van der Waals surface area (Å²) in [6.45, 7) is 19.6. The van der Waals surface area contributed by atoms with Gasteiger partial charge in [0, 0.05) is 11.1 Å². The second-order valence-corrected chi connectivity index (χ2v) is 9.59. The zero-order valence-corrected chi connectivity index (χ0v) is 21.8. The third-order valence-electron chi connectivity index (χ3n) is 4.67. The second-order valence-electron chi connectivity index (χ2n) is 8.57. The number of carbonyl (C=O) groups is 2. The highest BCUT2D eigenvalue weighted by molar-refractivity contribution is 14.1. The first-order valence-corrected chi connectivity index (χ1v) is 11.5. The number of aliphatic imine (C=N–C) groups is 1. The van der Waals surface area contributed by atoms with Gasteiger partial charge < -0.3 is 4.74 Å². The molecule has 0 aliphatic carbocycles. The highest BCUT2D eigenvalue weighted by Crippen LogP contribution is 2.22. The first-order chi connectivity index (χ1) is 14.4. The van der Waals surface area contributed by atoms with Crippen LogP contribution in [0.2, 0.25) is 0 Å². The van der Waals surface area contributed by atoms with Crippen LogP contribution in [0.4, 0.5) is 0 Å². The smallest absolute Gasteiger partial charge is 0.333 e. The Labute approximate surface area is 200 Å². The Bertz CT molecular complexity index is 917. The van der Waals surface area contributed by atoms with Crippen molar-refractivity contribution in [3.05, 3.63) is 65.3 Å². The summed E-state index contributed by atoms with van der Waals surface area (Å²) in [5.41, 5.74) is 4.55. The van der Waals surface area contributed by atoms with Crippen LogP contribution in [0.1, 0.15) is 75.9 Å². The monoisotopic (exact) mass is 535 g/mol. The van der Waals surface area contributed by atoms with Gasteiger partial charge in [-0.25, -0.2) is 4.79 Å². The molecule has 0 fully saturated rings. The molecule has 0 aliphatic rings. The molecule has 0 amide bonds. The summed E-state index contributed by atoms with van der Waals surface area (Å²) >= 11 is 2.23. The van der Waals surface area contributed by atoms with Gasteiger partial charge in [0.15, 0.2) is 5.78 Å². The first kappa shape index (κ1) is 27.0. The lowest BCUT2D eigenvalue weighted by atomic mass is 9.94. The maximum absolute atomic E-state index is 12.1. The summed E-state index contributed by atoms with van der Waals surface area (Å²) < 4.78 is 6.33. The summed E-state index contributed by atoms with van der Waals surface area (Å²) in [6.07, 6.45) is 3.91. The topological polar surface area (TPSA) is 55.7 Å². The molecule has 1 aromatic carbocycles. The van der Waals surface area contributed by atoms with Crippen molar-refractivity contribution in [2.24, 2.45) is 4.99 Å². The molecule has 0 aliphatic heterocycles. The Hall–Kier alpha value is -2.02. The molecule has 0 radical (unpaired) electrons. The van der Waals surface area contributed by atoms with Crippen molar-refractivity contribution in [1.29, 1.82) is 0 Å². The van der Waals surface area contributed by atoms with E-state index >= 15 is 0 Å². The highest BCUT2D eigenvalue weighted by Gasteiger charge is 2.18. The van der Waals surface area contributed by atoms with Gasteiger partial charge in [0.2, 0.25) is 0 Å². The zero-order chi connectivity index (χ0) is 23.8. The van der Waals surface area contributed by atoms with Crippen molar-refractivity contribution in [3.8, 4) is 0 Å². The van der Waals surface area contributed by atoms with Crippen molar-refractivity contribution >= 4 is 43.6 Å². The normalized spacial score (nSPS) is 12.5. The van der Waals surface area contributed by atoms with E-state index in [0.29, 0.717) is 36.9 Å². The van der Waals surface area contributed by atoms with E-state index in [1.165, 1.54) is 0 Å². The minimum atomic E-state index is -0.539. The number of halogens is 1. The van der Waals surface area contributed by atoms with Gasteiger partial charge in [-0.05, 0) is 106 Å². The van der Waals surface area contributed by atoms with Crippen LogP contribution in [0.25, 0.3) is 5.57 Å². The standard InChI is InChI=1S/C26H34INO3/c1-9-17(2)24(27)28-16-19(4)21-13-14-23(20(5)29)22(15-21)12-10-11-18(3)25(30)31-26(6,7)8/h9,13-15H,3-4,10-12,16H2,1-2,5-8H3/b17-9-,28-24+. The van der Waals surface area contributed by atoms with E-state index in [-0.39, 0.29) is 11.8 Å². The molecular weight excluding hydrogens is 501 g/mol. The lowest BCUT2D eigenvalue weighted by Gasteiger charge is -2.20. The molecule has 0 aromatic heterocycles. The number of esters is 1. The summed E-state index contributed by atoms with van der Waals surface area (Å²) in [4.78, 5) is 28.8. The number of nitrogens with zero attached hydrogens (tertiary/aromatic N) is 1. The fraction of sp³-hybridized carbons (Fsp3) is 0.423. The third kappa shape index (κ3) is 9.33. The second kappa shape index (κ2) is 12.1. The maximum atomic E-state index is 12.1. The van der Waals surface area contributed by atoms with Crippen LogP contribution in [-0.2, 0) is 16.0 Å². The molecule has 5 heteroatoms. The maximum Gasteiger partial charge on any atom is 0.333 e. The summed E-state index contributed by atoms with van der Waals surface area (Å²) in [5, 5.41) is 0. The van der Waals surface area contributed by atoms with E-state index in [0.717, 1.165) is 26.0 Å². The summed E-state index contributed by atoms with van der Waals surface area (Å²) in [7, 11) is 0. The molecule has 168 valence electrons. The lowest BCUT2D eigenvalue weighted by molar-refractivity contribution is -0.150. The average Bonchev–Trinajstić information content (AvgIpc) is 2.69. The number of Topliss-reactive ketones (excluding diaryl/α,β-unsaturated/α-hetero) is 1. The highest BCUT2D eigenvalue weighted by atomic mass is 127. The van der Waals surface area contributed by atoms with Crippen molar-refractivity contribution in [1.82, 2.24) is 0 Å². The number of ether oxygens (including phenoxy) is 1. The van der Waals surface area contributed by atoms with Crippen LogP contribution in [0.15, 0.2) is 53.6 Å². The number of rotatable bonds is 10. The van der Waals surface area contributed by atoms with Crippen molar-refractivity contribution in [2.45, 2.75) is 66.4 Å². The number of aryl methyl sites for hydroxylation is 1. The molecule has 0 N–H and O–H groups in total.